The van der Waals surface area contributed by atoms with Crippen LogP contribution in [0.15, 0.2) is 52.2 Å². The van der Waals surface area contributed by atoms with Crippen LogP contribution in [0.5, 0.6) is 11.5 Å². The highest BCUT2D eigenvalue weighted by Crippen LogP contribution is 2.28. The third kappa shape index (κ3) is 5.93. The minimum absolute atomic E-state index is 0.0107. The van der Waals surface area contributed by atoms with Crippen molar-refractivity contribution < 1.29 is 23.5 Å². The second-order valence-electron chi connectivity index (χ2n) is 11.3. The van der Waals surface area contributed by atoms with Gasteiger partial charge in [0.2, 0.25) is 11.8 Å². The number of hydrogen-bond acceptors (Lipinski definition) is 6. The molecular formula is C32H37FN4O6. The second-order valence-corrected chi connectivity index (χ2v) is 11.3. The number of aromatic nitrogens is 2. The van der Waals surface area contributed by atoms with E-state index in [4.69, 9.17) is 9.47 Å². The maximum absolute atomic E-state index is 15.1. The zero-order valence-electron chi connectivity index (χ0n) is 25.0. The van der Waals surface area contributed by atoms with Gasteiger partial charge in [0, 0.05) is 43.5 Å². The van der Waals surface area contributed by atoms with Crippen molar-refractivity contribution in [2.75, 3.05) is 33.9 Å². The first-order valence-corrected chi connectivity index (χ1v) is 14.5. The van der Waals surface area contributed by atoms with Crippen molar-refractivity contribution in [1.82, 2.24) is 18.9 Å². The van der Waals surface area contributed by atoms with Gasteiger partial charge in [0.05, 0.1) is 26.2 Å². The van der Waals surface area contributed by atoms with Gasteiger partial charge >= 0.3 is 5.69 Å². The lowest BCUT2D eigenvalue weighted by atomic mass is 10.0. The number of piperidine rings is 1. The van der Waals surface area contributed by atoms with E-state index in [1.165, 1.54) is 30.0 Å². The standard InChI is InChI=1S/C32H37FN4O6/c1-20(2)37-31(40)26(25-6-5-7-27(43-4)30(25)33)18-35(32(37)41)19-29(39)34-13-11-23(12-14-34)36-15-10-22-16-24(42-3)9-8-21(22)17-28(36)38/h5-9,16,18,20,23H,10-15,17,19H2,1-4H3. The van der Waals surface area contributed by atoms with Gasteiger partial charge in [-0.25, -0.2) is 9.18 Å². The SMILES string of the molecule is COc1ccc2c(c1)CCN(C1CCN(C(=O)Cn3cc(-c4cccc(OC)c4F)c(=O)n(C(C)C)c3=O)CC1)C(=O)C2. The predicted molar refractivity (Wildman–Crippen MR) is 159 cm³/mol. The average molecular weight is 593 g/mol. The molecule has 0 radical (unpaired) electrons. The maximum atomic E-state index is 15.1. The molecule has 10 nitrogen and oxygen atoms in total. The molecule has 3 aromatic rings. The number of benzene rings is 2. The molecule has 1 aromatic heterocycles. The van der Waals surface area contributed by atoms with Gasteiger partial charge in [-0.1, -0.05) is 18.2 Å². The molecule has 0 atom stereocenters. The first-order valence-electron chi connectivity index (χ1n) is 14.5. The summed E-state index contributed by atoms with van der Waals surface area (Å²) in [5.74, 6) is -0.186. The van der Waals surface area contributed by atoms with Crippen LogP contribution >= 0.6 is 0 Å². The third-order valence-electron chi connectivity index (χ3n) is 8.44. The smallest absolute Gasteiger partial charge is 0.331 e. The number of nitrogens with zero attached hydrogens (tertiary/aromatic N) is 4. The highest BCUT2D eigenvalue weighted by Gasteiger charge is 2.32. The Labute approximate surface area is 249 Å². The van der Waals surface area contributed by atoms with Crippen LogP contribution in [0, 0.1) is 5.82 Å². The average Bonchev–Trinajstić information content (AvgIpc) is 3.16. The first-order chi connectivity index (χ1) is 20.6. The van der Waals surface area contributed by atoms with Crippen LogP contribution in [0.2, 0.25) is 0 Å². The molecule has 0 N–H and O–H groups in total. The molecule has 3 heterocycles. The van der Waals surface area contributed by atoms with Crippen molar-refractivity contribution in [3.05, 3.63) is 80.4 Å². The van der Waals surface area contributed by atoms with Crippen LogP contribution in [0.4, 0.5) is 4.39 Å². The van der Waals surface area contributed by atoms with E-state index in [-0.39, 0.29) is 41.3 Å². The molecule has 0 unspecified atom stereocenters. The Morgan fingerprint density at radius 2 is 1.72 bits per heavy atom. The van der Waals surface area contributed by atoms with Gasteiger partial charge in [0.1, 0.15) is 12.3 Å². The van der Waals surface area contributed by atoms with E-state index in [0.717, 1.165) is 27.9 Å². The van der Waals surface area contributed by atoms with Gasteiger partial charge in [0.15, 0.2) is 11.6 Å². The Kier molecular flexibility index (Phi) is 8.70. The summed E-state index contributed by atoms with van der Waals surface area (Å²) in [5.41, 5.74) is 0.811. The van der Waals surface area contributed by atoms with Crippen LogP contribution in [0.3, 0.4) is 0 Å². The van der Waals surface area contributed by atoms with Gasteiger partial charge in [0.25, 0.3) is 5.56 Å². The number of halogens is 1. The Bertz CT molecular complexity index is 1650. The van der Waals surface area contributed by atoms with Crippen LogP contribution in [-0.2, 0) is 29.0 Å². The van der Waals surface area contributed by atoms with Gasteiger partial charge in [-0.3, -0.25) is 23.5 Å². The molecule has 2 aromatic carbocycles. The molecule has 5 rings (SSSR count). The van der Waals surface area contributed by atoms with E-state index in [1.807, 2.05) is 23.1 Å². The minimum Gasteiger partial charge on any atom is -0.497 e. The molecular weight excluding hydrogens is 555 g/mol. The van der Waals surface area contributed by atoms with Crippen LogP contribution < -0.4 is 20.7 Å². The van der Waals surface area contributed by atoms with Crippen molar-refractivity contribution >= 4 is 11.8 Å². The van der Waals surface area contributed by atoms with Gasteiger partial charge in [-0.05, 0) is 62.4 Å². The molecule has 2 amide bonds. The predicted octanol–water partition coefficient (Wildman–Crippen LogP) is 3.03. The zero-order valence-corrected chi connectivity index (χ0v) is 25.0. The molecule has 1 saturated heterocycles. The molecule has 2 aliphatic rings. The lowest BCUT2D eigenvalue weighted by Crippen LogP contribution is -2.50. The Hall–Kier alpha value is -4.41. The van der Waals surface area contributed by atoms with Crippen molar-refractivity contribution in [3.8, 4) is 22.6 Å². The van der Waals surface area contributed by atoms with Crippen molar-refractivity contribution in [2.24, 2.45) is 0 Å². The van der Waals surface area contributed by atoms with E-state index in [9.17, 15) is 19.2 Å². The van der Waals surface area contributed by atoms with Crippen molar-refractivity contribution in [1.29, 1.82) is 0 Å². The maximum Gasteiger partial charge on any atom is 0.331 e. The molecule has 0 aliphatic carbocycles. The minimum atomic E-state index is -0.721. The number of methoxy groups -OCH3 is 2. The van der Waals surface area contributed by atoms with Gasteiger partial charge in [-0.15, -0.1) is 0 Å². The molecule has 43 heavy (non-hydrogen) atoms. The van der Waals surface area contributed by atoms with E-state index >= 15 is 4.39 Å². The molecule has 228 valence electrons. The fraction of sp³-hybridized carbons (Fsp3) is 0.438. The highest BCUT2D eigenvalue weighted by molar-refractivity contribution is 5.80. The Balaban J connectivity index is 1.31. The quantitative estimate of drug-likeness (QED) is 0.418. The Morgan fingerprint density at radius 3 is 2.40 bits per heavy atom. The molecule has 0 spiro atoms. The van der Waals surface area contributed by atoms with Crippen molar-refractivity contribution in [2.45, 2.75) is 58.2 Å². The number of hydrogen-bond donors (Lipinski definition) is 0. The number of carbonyl (C=O) groups is 2. The summed E-state index contributed by atoms with van der Waals surface area (Å²) in [6.07, 6.45) is 3.58. The number of ether oxygens (including phenoxy) is 2. The van der Waals surface area contributed by atoms with E-state index in [2.05, 4.69) is 0 Å². The fourth-order valence-corrected chi connectivity index (χ4v) is 6.07. The fourth-order valence-electron chi connectivity index (χ4n) is 6.07. The lowest BCUT2D eigenvalue weighted by Gasteiger charge is -2.38. The second kappa shape index (κ2) is 12.4. The summed E-state index contributed by atoms with van der Waals surface area (Å²) >= 11 is 0. The van der Waals surface area contributed by atoms with E-state index < -0.39 is 23.1 Å². The van der Waals surface area contributed by atoms with Gasteiger partial charge < -0.3 is 19.3 Å². The summed E-state index contributed by atoms with van der Waals surface area (Å²) in [5, 5.41) is 0. The van der Waals surface area contributed by atoms with Crippen LogP contribution in [0.25, 0.3) is 11.1 Å². The third-order valence-corrected chi connectivity index (χ3v) is 8.44. The number of amides is 2. The zero-order chi connectivity index (χ0) is 30.8. The monoisotopic (exact) mass is 592 g/mol. The largest absolute Gasteiger partial charge is 0.497 e. The molecule has 0 saturated carbocycles. The lowest BCUT2D eigenvalue weighted by molar-refractivity contribution is -0.136. The topological polar surface area (TPSA) is 103 Å². The van der Waals surface area contributed by atoms with Crippen LogP contribution in [-0.4, -0.2) is 70.6 Å². The number of fused-ring (bicyclic) bond motifs is 1. The molecule has 0 bridgehead atoms. The molecule has 11 heteroatoms. The molecule has 2 aliphatic heterocycles. The number of rotatable bonds is 7. The molecule has 1 fully saturated rings. The van der Waals surface area contributed by atoms with Crippen LogP contribution in [0.1, 0.15) is 43.9 Å². The van der Waals surface area contributed by atoms with Crippen molar-refractivity contribution in [3.63, 3.8) is 0 Å². The summed E-state index contributed by atoms with van der Waals surface area (Å²) in [6.45, 7) is 4.55. The summed E-state index contributed by atoms with van der Waals surface area (Å²) in [4.78, 5) is 56.7. The number of carbonyl (C=O) groups excluding carboxylic acids is 2. The van der Waals surface area contributed by atoms with Gasteiger partial charge in [-0.2, -0.15) is 0 Å². The first kappa shape index (κ1) is 30.1. The normalized spacial score (nSPS) is 15.8. The highest BCUT2D eigenvalue weighted by atomic mass is 19.1. The summed E-state index contributed by atoms with van der Waals surface area (Å²) in [6, 6.07) is 9.77. The Morgan fingerprint density at radius 1 is 0.977 bits per heavy atom. The summed E-state index contributed by atoms with van der Waals surface area (Å²) in [7, 11) is 2.96. The number of likely N-dealkylation sites (tertiary alicyclic amines) is 1. The van der Waals surface area contributed by atoms with E-state index in [1.54, 1.807) is 31.9 Å². The summed E-state index contributed by atoms with van der Waals surface area (Å²) < 4.78 is 27.8. The van der Waals surface area contributed by atoms with E-state index in [0.29, 0.717) is 38.9 Å².